The van der Waals surface area contributed by atoms with Crippen LogP contribution in [0.2, 0.25) is 0 Å². The van der Waals surface area contributed by atoms with Crippen LogP contribution < -0.4 is 0 Å². The van der Waals surface area contributed by atoms with E-state index in [9.17, 15) is 0 Å². The van der Waals surface area contributed by atoms with E-state index in [-0.39, 0.29) is 30.5 Å². The number of hydrogen-bond donors (Lipinski definition) is 0. The van der Waals surface area contributed by atoms with Crippen molar-refractivity contribution in [2.75, 3.05) is 6.61 Å². The molecule has 0 aliphatic carbocycles. The number of rotatable bonds is 5. The molecule has 1 aliphatic rings. The van der Waals surface area contributed by atoms with Crippen LogP contribution in [0.5, 0.6) is 0 Å². The Morgan fingerprint density at radius 1 is 1.06 bits per heavy atom. The van der Waals surface area contributed by atoms with E-state index in [1.54, 1.807) is 0 Å². The van der Waals surface area contributed by atoms with Gasteiger partial charge in [0.1, 0.15) is 6.10 Å². The summed E-state index contributed by atoms with van der Waals surface area (Å²) in [4.78, 5) is 0. The minimum Gasteiger partial charge on any atom is -0.376 e. The van der Waals surface area contributed by atoms with E-state index >= 15 is 0 Å². The molecule has 0 amide bonds. The highest BCUT2D eigenvalue weighted by Crippen LogP contribution is 2.30. The molecule has 0 aromatic carbocycles. The first-order chi connectivity index (χ1) is 7.41. The normalized spacial score (nSPS) is 35.2. The summed E-state index contributed by atoms with van der Waals surface area (Å²) in [6, 6.07) is 0. The summed E-state index contributed by atoms with van der Waals surface area (Å²) in [5, 5.41) is 0. The lowest BCUT2D eigenvalue weighted by molar-refractivity contribution is -0.0877. The first-order valence-electron chi connectivity index (χ1n) is 6.34. The average molecular weight is 230 g/mol. The highest BCUT2D eigenvalue weighted by atomic mass is 16.6. The van der Waals surface area contributed by atoms with Crippen LogP contribution >= 0.6 is 0 Å². The highest BCUT2D eigenvalue weighted by molar-refractivity contribution is 4.87. The van der Waals surface area contributed by atoms with Crippen LogP contribution in [-0.4, -0.2) is 37.1 Å². The van der Waals surface area contributed by atoms with E-state index < -0.39 is 0 Å². The smallest absolute Gasteiger partial charge is 0.108 e. The summed E-state index contributed by atoms with van der Waals surface area (Å²) < 4.78 is 17.5. The van der Waals surface area contributed by atoms with Crippen molar-refractivity contribution in [1.29, 1.82) is 0 Å². The zero-order valence-corrected chi connectivity index (χ0v) is 11.4. The van der Waals surface area contributed by atoms with Crippen molar-refractivity contribution in [3.63, 3.8) is 0 Å². The summed E-state index contributed by atoms with van der Waals surface area (Å²) in [5.74, 6) is 0.433. The summed E-state index contributed by atoms with van der Waals surface area (Å²) >= 11 is 0. The van der Waals surface area contributed by atoms with Gasteiger partial charge in [-0.25, -0.2) is 0 Å². The van der Waals surface area contributed by atoms with Gasteiger partial charge in [0.15, 0.2) is 0 Å². The van der Waals surface area contributed by atoms with Gasteiger partial charge in [0.05, 0.1) is 31.0 Å². The van der Waals surface area contributed by atoms with Gasteiger partial charge in [-0.3, -0.25) is 0 Å². The van der Waals surface area contributed by atoms with Crippen molar-refractivity contribution in [2.45, 2.75) is 72.1 Å². The molecule has 0 radical (unpaired) electrons. The van der Waals surface area contributed by atoms with Crippen molar-refractivity contribution in [2.24, 2.45) is 5.92 Å². The Bertz CT molecular complexity index is 203. The Balaban J connectivity index is 2.52. The third-order valence-electron chi connectivity index (χ3n) is 3.04. The zero-order valence-electron chi connectivity index (χ0n) is 11.4. The number of ether oxygens (including phenoxy) is 3. The van der Waals surface area contributed by atoms with E-state index in [2.05, 4.69) is 27.7 Å². The first-order valence-corrected chi connectivity index (χ1v) is 6.34. The molecule has 3 nitrogen and oxygen atoms in total. The van der Waals surface area contributed by atoms with E-state index in [1.807, 2.05) is 13.8 Å². The molecule has 0 bridgehead atoms. The highest BCUT2D eigenvalue weighted by Gasteiger charge is 2.40. The van der Waals surface area contributed by atoms with Gasteiger partial charge in [-0.2, -0.15) is 0 Å². The van der Waals surface area contributed by atoms with Crippen LogP contribution in [-0.2, 0) is 14.2 Å². The molecule has 1 heterocycles. The van der Waals surface area contributed by atoms with Gasteiger partial charge in [0.2, 0.25) is 0 Å². The van der Waals surface area contributed by atoms with Crippen molar-refractivity contribution in [3.8, 4) is 0 Å². The Morgan fingerprint density at radius 2 is 1.69 bits per heavy atom. The molecule has 4 atom stereocenters. The molecule has 1 fully saturated rings. The second-order valence-corrected chi connectivity index (χ2v) is 5.27. The molecular weight excluding hydrogens is 204 g/mol. The monoisotopic (exact) mass is 230 g/mol. The lowest BCUT2D eigenvalue weighted by atomic mass is 9.99. The number of hydrogen-bond acceptors (Lipinski definition) is 3. The molecule has 3 heteroatoms. The standard InChI is InChI=1S/C13H26O3/c1-8(2)14-7-12-13(15-9(3)4)10(5)11(6)16-12/h8-13H,7H2,1-6H3/t10-,11+,12-,13?/m1/s1. The quantitative estimate of drug-likeness (QED) is 0.726. The van der Waals surface area contributed by atoms with Crippen molar-refractivity contribution >= 4 is 0 Å². The van der Waals surface area contributed by atoms with E-state index in [0.29, 0.717) is 12.5 Å². The van der Waals surface area contributed by atoms with E-state index in [1.165, 1.54) is 0 Å². The Hall–Kier alpha value is -0.120. The van der Waals surface area contributed by atoms with Gasteiger partial charge < -0.3 is 14.2 Å². The second-order valence-electron chi connectivity index (χ2n) is 5.27. The molecule has 16 heavy (non-hydrogen) atoms. The third-order valence-corrected chi connectivity index (χ3v) is 3.04. The van der Waals surface area contributed by atoms with Crippen molar-refractivity contribution in [3.05, 3.63) is 0 Å². The van der Waals surface area contributed by atoms with Crippen LogP contribution in [0.3, 0.4) is 0 Å². The molecule has 96 valence electrons. The summed E-state index contributed by atoms with van der Waals surface area (Å²) in [6.45, 7) is 13.1. The molecule has 1 aliphatic heterocycles. The van der Waals surface area contributed by atoms with Crippen LogP contribution in [0.4, 0.5) is 0 Å². The van der Waals surface area contributed by atoms with Crippen LogP contribution in [0, 0.1) is 5.92 Å². The largest absolute Gasteiger partial charge is 0.376 e. The lowest BCUT2D eigenvalue weighted by Crippen LogP contribution is -2.35. The molecule has 1 unspecified atom stereocenters. The van der Waals surface area contributed by atoms with Crippen LogP contribution in [0.1, 0.15) is 41.5 Å². The maximum atomic E-state index is 5.93. The molecule has 0 aromatic heterocycles. The summed E-state index contributed by atoms with van der Waals surface area (Å²) in [5.41, 5.74) is 0. The molecule has 0 N–H and O–H groups in total. The van der Waals surface area contributed by atoms with Gasteiger partial charge in [-0.05, 0) is 34.6 Å². The molecule has 0 aromatic rings. The third kappa shape index (κ3) is 3.72. The van der Waals surface area contributed by atoms with Gasteiger partial charge >= 0.3 is 0 Å². The molecular formula is C13H26O3. The topological polar surface area (TPSA) is 27.7 Å². The van der Waals surface area contributed by atoms with Crippen LogP contribution in [0.25, 0.3) is 0 Å². The Kier molecular flexibility index (Phi) is 5.22. The SMILES string of the molecule is CC(C)OC[C@H]1O[C@@H](C)[C@@H](C)C1OC(C)C. The van der Waals surface area contributed by atoms with Crippen molar-refractivity contribution < 1.29 is 14.2 Å². The van der Waals surface area contributed by atoms with Gasteiger partial charge in [0, 0.05) is 5.92 Å². The molecule has 1 saturated heterocycles. The fraction of sp³-hybridized carbons (Fsp3) is 1.00. The van der Waals surface area contributed by atoms with E-state index in [0.717, 1.165) is 0 Å². The Morgan fingerprint density at radius 3 is 2.19 bits per heavy atom. The summed E-state index contributed by atoms with van der Waals surface area (Å²) in [6.07, 6.45) is 0.977. The van der Waals surface area contributed by atoms with Gasteiger partial charge in [0.25, 0.3) is 0 Å². The second kappa shape index (κ2) is 5.99. The van der Waals surface area contributed by atoms with Gasteiger partial charge in [-0.1, -0.05) is 6.92 Å². The fourth-order valence-electron chi connectivity index (χ4n) is 2.03. The maximum Gasteiger partial charge on any atom is 0.108 e. The lowest BCUT2D eigenvalue weighted by Gasteiger charge is -2.24. The fourth-order valence-corrected chi connectivity index (χ4v) is 2.03. The Labute approximate surface area is 99.5 Å². The zero-order chi connectivity index (χ0) is 12.3. The summed E-state index contributed by atoms with van der Waals surface area (Å²) in [7, 11) is 0. The first kappa shape index (κ1) is 13.9. The predicted octanol–water partition coefficient (Wildman–Crippen LogP) is 2.63. The molecule has 0 spiro atoms. The minimum atomic E-state index is 0.0785. The minimum absolute atomic E-state index is 0.0785. The van der Waals surface area contributed by atoms with Crippen LogP contribution in [0.15, 0.2) is 0 Å². The maximum absolute atomic E-state index is 5.93. The predicted molar refractivity (Wildman–Crippen MR) is 64.6 cm³/mol. The van der Waals surface area contributed by atoms with E-state index in [4.69, 9.17) is 14.2 Å². The molecule has 0 saturated carbocycles. The molecule has 1 rings (SSSR count). The van der Waals surface area contributed by atoms with Gasteiger partial charge in [-0.15, -0.1) is 0 Å². The van der Waals surface area contributed by atoms with Crippen molar-refractivity contribution in [1.82, 2.24) is 0 Å². The average Bonchev–Trinajstić information content (AvgIpc) is 2.42.